The summed E-state index contributed by atoms with van der Waals surface area (Å²) in [5.74, 6) is -0.414. The van der Waals surface area contributed by atoms with Crippen molar-refractivity contribution >= 4 is 23.4 Å². The number of aliphatic hydroxyl groups is 1. The zero-order valence-corrected chi connectivity index (χ0v) is 12.1. The number of benzene rings is 2. The molecule has 0 aliphatic carbocycles. The summed E-state index contributed by atoms with van der Waals surface area (Å²) in [6.07, 6.45) is -0.415. The first-order valence-corrected chi connectivity index (χ1v) is 7.42. The molecule has 2 rings (SSSR count). The van der Waals surface area contributed by atoms with Gasteiger partial charge in [0.25, 0.3) is 0 Å². The van der Waals surface area contributed by atoms with Crippen LogP contribution in [0.5, 0.6) is 0 Å². The Kier molecular flexibility index (Phi) is 5.40. The topological polar surface area (TPSA) is 20.2 Å². The van der Waals surface area contributed by atoms with E-state index < -0.39 is 11.9 Å². The average molecular weight is 315 g/mol. The molecule has 0 bridgehead atoms. The lowest BCUT2D eigenvalue weighted by atomic mass is 10.1. The van der Waals surface area contributed by atoms with Crippen molar-refractivity contribution in [2.24, 2.45) is 0 Å². The van der Waals surface area contributed by atoms with Gasteiger partial charge in [0.1, 0.15) is 11.6 Å². The molecule has 0 aliphatic rings. The number of hydrogen-bond donors (Lipinski definition) is 1. The van der Waals surface area contributed by atoms with Crippen LogP contribution in [0.3, 0.4) is 0 Å². The fraction of sp³-hybridized carbons (Fsp3) is 0.200. The Balaban J connectivity index is 1.92. The summed E-state index contributed by atoms with van der Waals surface area (Å²) in [5.41, 5.74) is 0.569. The van der Waals surface area contributed by atoms with Crippen molar-refractivity contribution in [1.29, 1.82) is 0 Å². The number of hydrogen-bond acceptors (Lipinski definition) is 2. The third-order valence-electron chi connectivity index (χ3n) is 2.73. The molecule has 2 aromatic rings. The van der Waals surface area contributed by atoms with E-state index in [0.717, 1.165) is 4.90 Å². The molecule has 1 nitrogen and oxygen atoms in total. The van der Waals surface area contributed by atoms with E-state index in [-0.39, 0.29) is 17.3 Å². The maximum atomic E-state index is 13.3. The largest absolute Gasteiger partial charge is 0.392 e. The summed E-state index contributed by atoms with van der Waals surface area (Å²) in [6.45, 7) is 0. The van der Waals surface area contributed by atoms with Gasteiger partial charge in [0.15, 0.2) is 0 Å². The Labute approximate surface area is 125 Å². The van der Waals surface area contributed by atoms with Gasteiger partial charge in [0.2, 0.25) is 0 Å². The maximum absolute atomic E-state index is 13.3. The van der Waals surface area contributed by atoms with Crippen LogP contribution in [-0.4, -0.2) is 17.0 Å². The maximum Gasteiger partial charge on any atom is 0.142 e. The molecule has 106 valence electrons. The van der Waals surface area contributed by atoms with E-state index in [4.69, 9.17) is 11.6 Å². The fourth-order valence-electron chi connectivity index (χ4n) is 1.77. The minimum atomic E-state index is -0.678. The summed E-state index contributed by atoms with van der Waals surface area (Å²) in [6, 6.07) is 10.7. The van der Waals surface area contributed by atoms with Crippen molar-refractivity contribution in [2.45, 2.75) is 17.4 Å². The number of halogens is 3. The molecule has 1 atom stereocenters. The molecule has 0 radical (unpaired) electrons. The lowest BCUT2D eigenvalue weighted by molar-refractivity contribution is 0.200. The Bertz CT molecular complexity index is 592. The Morgan fingerprint density at radius 1 is 1.15 bits per heavy atom. The van der Waals surface area contributed by atoms with E-state index in [9.17, 15) is 13.9 Å². The van der Waals surface area contributed by atoms with Crippen molar-refractivity contribution in [3.63, 3.8) is 0 Å². The second kappa shape index (κ2) is 7.07. The molecule has 0 saturated heterocycles. The molecule has 0 amide bonds. The molecule has 0 saturated carbocycles. The molecule has 0 fully saturated rings. The van der Waals surface area contributed by atoms with E-state index in [1.54, 1.807) is 24.3 Å². The first kappa shape index (κ1) is 15.3. The van der Waals surface area contributed by atoms with Crippen LogP contribution in [0.25, 0.3) is 0 Å². The normalized spacial score (nSPS) is 12.4. The van der Waals surface area contributed by atoms with Gasteiger partial charge in [-0.2, -0.15) is 0 Å². The van der Waals surface area contributed by atoms with Gasteiger partial charge in [-0.15, -0.1) is 11.8 Å². The molecule has 0 aliphatic heterocycles. The summed E-state index contributed by atoms with van der Waals surface area (Å²) in [4.78, 5) is 0.745. The Morgan fingerprint density at radius 2 is 1.90 bits per heavy atom. The van der Waals surface area contributed by atoms with Gasteiger partial charge in [0, 0.05) is 17.1 Å². The number of aliphatic hydroxyl groups excluding tert-OH is 1. The SMILES string of the molecule is OC(CSc1cccc(F)c1)Cc1cccc(F)c1Cl. The first-order chi connectivity index (χ1) is 9.56. The van der Waals surface area contributed by atoms with Crippen LogP contribution in [0, 0.1) is 11.6 Å². The third-order valence-corrected chi connectivity index (χ3v) is 4.29. The third kappa shape index (κ3) is 4.20. The van der Waals surface area contributed by atoms with Crippen molar-refractivity contribution in [2.75, 3.05) is 5.75 Å². The van der Waals surface area contributed by atoms with E-state index in [0.29, 0.717) is 11.3 Å². The highest BCUT2D eigenvalue weighted by Gasteiger charge is 2.11. The van der Waals surface area contributed by atoms with Gasteiger partial charge >= 0.3 is 0 Å². The van der Waals surface area contributed by atoms with Gasteiger partial charge in [-0.25, -0.2) is 8.78 Å². The molecular formula is C15H13ClF2OS. The summed E-state index contributed by atoms with van der Waals surface area (Å²) in [7, 11) is 0. The first-order valence-electron chi connectivity index (χ1n) is 6.05. The standard InChI is InChI=1S/C15H13ClF2OS/c16-15-10(3-1-6-14(15)18)7-12(19)9-20-13-5-2-4-11(17)8-13/h1-6,8,12,19H,7,9H2. The van der Waals surface area contributed by atoms with E-state index >= 15 is 0 Å². The smallest absolute Gasteiger partial charge is 0.142 e. The molecule has 1 N–H and O–H groups in total. The van der Waals surface area contributed by atoms with Crippen LogP contribution in [0.1, 0.15) is 5.56 Å². The van der Waals surface area contributed by atoms with Crippen LogP contribution >= 0.6 is 23.4 Å². The molecule has 0 spiro atoms. The summed E-state index contributed by atoms with van der Waals surface area (Å²) < 4.78 is 26.3. The molecule has 1 unspecified atom stereocenters. The predicted octanol–water partition coefficient (Wildman–Crippen LogP) is 4.31. The quantitative estimate of drug-likeness (QED) is 0.830. The second-order valence-electron chi connectivity index (χ2n) is 4.34. The minimum Gasteiger partial charge on any atom is -0.392 e. The van der Waals surface area contributed by atoms with Crippen molar-refractivity contribution in [1.82, 2.24) is 0 Å². The summed E-state index contributed by atoms with van der Waals surface area (Å²) >= 11 is 7.18. The Hall–Kier alpha value is -1.10. The van der Waals surface area contributed by atoms with Gasteiger partial charge in [-0.1, -0.05) is 29.8 Å². The molecule has 20 heavy (non-hydrogen) atoms. The van der Waals surface area contributed by atoms with Gasteiger partial charge < -0.3 is 5.11 Å². The average Bonchev–Trinajstić information content (AvgIpc) is 2.42. The molecule has 0 aromatic heterocycles. The van der Waals surface area contributed by atoms with Gasteiger partial charge in [0.05, 0.1) is 11.1 Å². The van der Waals surface area contributed by atoms with E-state index in [1.807, 2.05) is 0 Å². The van der Waals surface area contributed by atoms with Crippen LogP contribution in [-0.2, 0) is 6.42 Å². The van der Waals surface area contributed by atoms with Crippen molar-refractivity contribution in [3.05, 3.63) is 64.7 Å². The second-order valence-corrected chi connectivity index (χ2v) is 5.81. The van der Waals surface area contributed by atoms with Crippen LogP contribution < -0.4 is 0 Å². The van der Waals surface area contributed by atoms with Crippen molar-refractivity contribution in [3.8, 4) is 0 Å². The molecule has 2 aromatic carbocycles. The van der Waals surface area contributed by atoms with Gasteiger partial charge in [-0.3, -0.25) is 0 Å². The molecule has 0 heterocycles. The number of thioether (sulfide) groups is 1. The minimum absolute atomic E-state index is 0.0438. The van der Waals surface area contributed by atoms with Crippen molar-refractivity contribution < 1.29 is 13.9 Å². The van der Waals surface area contributed by atoms with Crippen LogP contribution in [0.4, 0.5) is 8.78 Å². The highest BCUT2D eigenvalue weighted by Crippen LogP contribution is 2.24. The predicted molar refractivity (Wildman–Crippen MR) is 78.2 cm³/mol. The fourth-order valence-corrected chi connectivity index (χ4v) is 2.84. The summed E-state index contributed by atoms with van der Waals surface area (Å²) in [5, 5.41) is 10.00. The van der Waals surface area contributed by atoms with E-state index in [1.165, 1.54) is 30.0 Å². The number of rotatable bonds is 5. The highest BCUT2D eigenvalue weighted by atomic mass is 35.5. The van der Waals surface area contributed by atoms with Crippen LogP contribution in [0.15, 0.2) is 47.4 Å². The molecule has 5 heteroatoms. The lowest BCUT2D eigenvalue weighted by Gasteiger charge is -2.12. The molecular weight excluding hydrogens is 302 g/mol. The van der Waals surface area contributed by atoms with Crippen LogP contribution in [0.2, 0.25) is 5.02 Å². The highest BCUT2D eigenvalue weighted by molar-refractivity contribution is 7.99. The monoisotopic (exact) mass is 314 g/mol. The van der Waals surface area contributed by atoms with Gasteiger partial charge in [-0.05, 0) is 29.8 Å². The van der Waals surface area contributed by atoms with E-state index in [2.05, 4.69) is 0 Å². The lowest BCUT2D eigenvalue weighted by Crippen LogP contribution is -2.14. The zero-order chi connectivity index (χ0) is 14.5. The zero-order valence-electron chi connectivity index (χ0n) is 10.5. The Morgan fingerprint density at radius 3 is 2.65 bits per heavy atom.